The molecule has 2 aromatic heterocycles. The van der Waals surface area contributed by atoms with Crippen molar-refractivity contribution in [2.45, 2.75) is 25.6 Å². The maximum atomic E-state index is 11.6. The zero-order valence-corrected chi connectivity index (χ0v) is 12.0. The molecule has 2 aromatic rings. The van der Waals surface area contributed by atoms with Crippen molar-refractivity contribution in [1.82, 2.24) is 30.7 Å². The third-order valence-corrected chi connectivity index (χ3v) is 2.70. The number of hydrogen-bond donors (Lipinski definition) is 4. The molecule has 0 saturated heterocycles. The van der Waals surface area contributed by atoms with E-state index in [4.69, 9.17) is 9.63 Å². The van der Waals surface area contributed by atoms with E-state index in [1.165, 1.54) is 25.5 Å². The summed E-state index contributed by atoms with van der Waals surface area (Å²) in [6.45, 7) is 1.13. The second-order valence-corrected chi connectivity index (χ2v) is 4.49. The van der Waals surface area contributed by atoms with Crippen LogP contribution in [0, 0.1) is 0 Å². The molecule has 0 saturated carbocycles. The van der Waals surface area contributed by atoms with Crippen LogP contribution in [-0.2, 0) is 11.3 Å². The summed E-state index contributed by atoms with van der Waals surface area (Å²) in [5.41, 5.74) is 0.409. The highest BCUT2D eigenvalue weighted by atomic mass is 16.5. The van der Waals surface area contributed by atoms with Gasteiger partial charge in [-0.15, -0.1) is 0 Å². The maximum Gasteiger partial charge on any atom is 0.328 e. The number of aromatic nitrogens is 4. The summed E-state index contributed by atoms with van der Waals surface area (Å²) < 4.78 is 4.93. The average molecular weight is 322 g/mol. The van der Waals surface area contributed by atoms with E-state index in [1.54, 1.807) is 0 Å². The van der Waals surface area contributed by atoms with Crippen LogP contribution in [-0.4, -0.2) is 54.5 Å². The first-order valence-electron chi connectivity index (χ1n) is 6.51. The highest BCUT2D eigenvalue weighted by Crippen LogP contribution is 2.10. The predicted octanol–water partition coefficient (Wildman–Crippen LogP) is -0.840. The van der Waals surface area contributed by atoms with Gasteiger partial charge < -0.3 is 25.4 Å². The summed E-state index contributed by atoms with van der Waals surface area (Å²) in [5, 5.41) is 26.3. The van der Waals surface area contributed by atoms with E-state index in [0.717, 1.165) is 0 Å². The fourth-order valence-corrected chi connectivity index (χ4v) is 1.58. The minimum Gasteiger partial charge on any atom is -0.480 e. The van der Waals surface area contributed by atoms with E-state index < -0.39 is 24.1 Å². The molecule has 122 valence electrons. The van der Waals surface area contributed by atoms with Gasteiger partial charge in [0, 0.05) is 12.4 Å². The standard InChI is InChI=1S/C12H14N6O5/c1-6(19)9(11(20)21)17-12(22)15-5-8-16-10(18-23-8)7-4-13-2-3-14-7/h2-4,6,9,19H,5H2,1H3,(H,20,21)(H2,15,17,22). The quantitative estimate of drug-likeness (QED) is 0.530. The first kappa shape index (κ1) is 16.3. The van der Waals surface area contributed by atoms with E-state index >= 15 is 0 Å². The second-order valence-electron chi connectivity index (χ2n) is 4.49. The molecule has 2 atom stereocenters. The molecular weight excluding hydrogens is 308 g/mol. The first-order chi connectivity index (χ1) is 11.0. The Hall–Kier alpha value is -3.08. The van der Waals surface area contributed by atoms with Gasteiger partial charge in [0.1, 0.15) is 5.69 Å². The van der Waals surface area contributed by atoms with Crippen LogP contribution in [0.1, 0.15) is 12.8 Å². The molecule has 2 amide bonds. The zero-order chi connectivity index (χ0) is 16.8. The number of aliphatic hydroxyl groups is 1. The summed E-state index contributed by atoms with van der Waals surface area (Å²) in [6.07, 6.45) is 3.18. The Morgan fingerprint density at radius 2 is 2.17 bits per heavy atom. The number of carboxylic acids is 1. The second kappa shape index (κ2) is 7.26. The number of aliphatic carboxylic acids is 1. The van der Waals surface area contributed by atoms with Crippen molar-refractivity contribution in [1.29, 1.82) is 0 Å². The smallest absolute Gasteiger partial charge is 0.328 e. The van der Waals surface area contributed by atoms with Crippen LogP contribution in [0.5, 0.6) is 0 Å². The van der Waals surface area contributed by atoms with Gasteiger partial charge in [-0.25, -0.2) is 14.6 Å². The Morgan fingerprint density at radius 1 is 1.39 bits per heavy atom. The lowest BCUT2D eigenvalue weighted by Crippen LogP contribution is -2.51. The number of carboxylic acid groups (broad SMARTS) is 1. The molecule has 2 unspecified atom stereocenters. The average Bonchev–Trinajstić information content (AvgIpc) is 3.00. The fraction of sp³-hybridized carbons (Fsp3) is 0.333. The Kier molecular flexibility index (Phi) is 5.15. The highest BCUT2D eigenvalue weighted by Gasteiger charge is 2.25. The number of carbonyl (C=O) groups is 2. The molecule has 0 bridgehead atoms. The predicted molar refractivity (Wildman–Crippen MR) is 73.8 cm³/mol. The van der Waals surface area contributed by atoms with Crippen LogP contribution in [0.25, 0.3) is 11.5 Å². The molecule has 11 heteroatoms. The fourth-order valence-electron chi connectivity index (χ4n) is 1.58. The van der Waals surface area contributed by atoms with Gasteiger partial charge in [-0.2, -0.15) is 4.98 Å². The number of urea groups is 1. The molecule has 2 rings (SSSR count). The van der Waals surface area contributed by atoms with Gasteiger partial charge in [0.2, 0.25) is 11.7 Å². The van der Waals surface area contributed by atoms with Crippen LogP contribution in [0.15, 0.2) is 23.1 Å². The zero-order valence-electron chi connectivity index (χ0n) is 12.0. The number of hydrogen-bond acceptors (Lipinski definition) is 8. The molecule has 0 radical (unpaired) electrons. The van der Waals surface area contributed by atoms with Gasteiger partial charge in [0.25, 0.3) is 0 Å². The summed E-state index contributed by atoms with van der Waals surface area (Å²) in [7, 11) is 0. The molecule has 2 heterocycles. The monoisotopic (exact) mass is 322 g/mol. The summed E-state index contributed by atoms with van der Waals surface area (Å²) >= 11 is 0. The number of aliphatic hydroxyl groups excluding tert-OH is 1. The van der Waals surface area contributed by atoms with Crippen molar-refractivity contribution in [2.24, 2.45) is 0 Å². The third-order valence-electron chi connectivity index (χ3n) is 2.70. The molecule has 0 aromatic carbocycles. The Balaban J connectivity index is 1.90. The molecule has 0 aliphatic heterocycles. The summed E-state index contributed by atoms with van der Waals surface area (Å²) in [5.74, 6) is -1.04. The maximum absolute atomic E-state index is 11.6. The van der Waals surface area contributed by atoms with Crippen molar-refractivity contribution in [3.05, 3.63) is 24.5 Å². The largest absolute Gasteiger partial charge is 0.480 e. The van der Waals surface area contributed by atoms with Gasteiger partial charge >= 0.3 is 12.0 Å². The van der Waals surface area contributed by atoms with Gasteiger partial charge in [-0.1, -0.05) is 5.16 Å². The van der Waals surface area contributed by atoms with E-state index in [9.17, 15) is 14.7 Å². The van der Waals surface area contributed by atoms with Gasteiger partial charge in [0.05, 0.1) is 18.8 Å². The van der Waals surface area contributed by atoms with Crippen LogP contribution in [0.2, 0.25) is 0 Å². The minimum atomic E-state index is -1.42. The Labute approximate surface area is 129 Å². The SMILES string of the molecule is CC(O)C(NC(=O)NCc1nc(-c2cnccn2)no1)C(=O)O. The lowest BCUT2D eigenvalue weighted by Gasteiger charge is -2.16. The molecule has 0 spiro atoms. The highest BCUT2D eigenvalue weighted by molar-refractivity contribution is 5.82. The lowest BCUT2D eigenvalue weighted by atomic mass is 10.2. The van der Waals surface area contributed by atoms with Crippen LogP contribution in [0.4, 0.5) is 4.79 Å². The van der Waals surface area contributed by atoms with Gasteiger partial charge in [-0.3, -0.25) is 4.98 Å². The Morgan fingerprint density at radius 3 is 2.78 bits per heavy atom. The van der Waals surface area contributed by atoms with Gasteiger partial charge in [-0.05, 0) is 6.92 Å². The van der Waals surface area contributed by atoms with Crippen LogP contribution in [0.3, 0.4) is 0 Å². The number of amides is 2. The van der Waals surface area contributed by atoms with Crippen molar-refractivity contribution in [2.75, 3.05) is 0 Å². The number of nitrogens with one attached hydrogen (secondary N) is 2. The molecule has 0 aliphatic rings. The molecule has 11 nitrogen and oxygen atoms in total. The van der Waals surface area contributed by atoms with Crippen molar-refractivity contribution >= 4 is 12.0 Å². The van der Waals surface area contributed by atoms with Crippen molar-refractivity contribution in [3.63, 3.8) is 0 Å². The Bertz CT molecular complexity index is 674. The molecular formula is C12H14N6O5. The number of carbonyl (C=O) groups excluding carboxylic acids is 1. The van der Waals surface area contributed by atoms with E-state index in [1.807, 2.05) is 0 Å². The lowest BCUT2D eigenvalue weighted by molar-refractivity contribution is -0.141. The summed E-state index contributed by atoms with van der Waals surface area (Å²) in [4.78, 5) is 34.3. The first-order valence-corrected chi connectivity index (χ1v) is 6.51. The molecule has 4 N–H and O–H groups in total. The normalized spacial score (nSPS) is 13.1. The third kappa shape index (κ3) is 4.44. The van der Waals surface area contributed by atoms with Gasteiger partial charge in [0.15, 0.2) is 6.04 Å². The topological polar surface area (TPSA) is 163 Å². The molecule has 0 aliphatic carbocycles. The van der Waals surface area contributed by atoms with Crippen LogP contribution >= 0.6 is 0 Å². The molecule has 0 fully saturated rings. The minimum absolute atomic E-state index is 0.102. The van der Waals surface area contributed by atoms with Crippen molar-refractivity contribution < 1.29 is 24.3 Å². The van der Waals surface area contributed by atoms with E-state index in [0.29, 0.717) is 5.69 Å². The van der Waals surface area contributed by atoms with Crippen LogP contribution < -0.4 is 10.6 Å². The van der Waals surface area contributed by atoms with Crippen molar-refractivity contribution in [3.8, 4) is 11.5 Å². The number of rotatable bonds is 6. The number of nitrogens with zero attached hydrogens (tertiary/aromatic N) is 4. The van der Waals surface area contributed by atoms with E-state index in [-0.39, 0.29) is 18.3 Å². The van der Waals surface area contributed by atoms with E-state index in [2.05, 4.69) is 30.7 Å². The summed E-state index contributed by atoms with van der Waals surface area (Å²) in [6, 6.07) is -2.22. The molecule has 23 heavy (non-hydrogen) atoms.